The van der Waals surface area contributed by atoms with Crippen molar-refractivity contribution in [2.24, 2.45) is 0 Å². The van der Waals surface area contributed by atoms with Crippen LogP contribution in [-0.4, -0.2) is 25.1 Å². The SMILES string of the molecule is COc1ccccc1NC(=O)[C@@H](C)OC(=O)c1ccc2ccccc2c1. The molecule has 132 valence electrons. The van der Waals surface area contributed by atoms with Gasteiger partial charge in [-0.1, -0.05) is 42.5 Å². The van der Waals surface area contributed by atoms with E-state index >= 15 is 0 Å². The van der Waals surface area contributed by atoms with E-state index in [2.05, 4.69) is 5.32 Å². The van der Waals surface area contributed by atoms with Gasteiger partial charge in [-0.25, -0.2) is 4.79 Å². The second kappa shape index (κ2) is 7.70. The van der Waals surface area contributed by atoms with E-state index in [1.165, 1.54) is 14.0 Å². The molecule has 0 aliphatic rings. The molecule has 3 aromatic rings. The molecule has 0 heterocycles. The van der Waals surface area contributed by atoms with E-state index in [1.807, 2.05) is 30.3 Å². The minimum Gasteiger partial charge on any atom is -0.495 e. The van der Waals surface area contributed by atoms with Crippen LogP contribution in [0.1, 0.15) is 17.3 Å². The highest BCUT2D eigenvalue weighted by Crippen LogP contribution is 2.23. The number of methoxy groups -OCH3 is 1. The lowest BCUT2D eigenvalue weighted by atomic mass is 10.1. The van der Waals surface area contributed by atoms with Crippen molar-refractivity contribution in [1.82, 2.24) is 0 Å². The zero-order valence-electron chi connectivity index (χ0n) is 14.6. The Morgan fingerprint density at radius 2 is 1.62 bits per heavy atom. The van der Waals surface area contributed by atoms with Crippen molar-refractivity contribution in [3.8, 4) is 5.75 Å². The number of para-hydroxylation sites is 2. The average Bonchev–Trinajstić information content (AvgIpc) is 2.67. The lowest BCUT2D eigenvalue weighted by molar-refractivity contribution is -0.123. The van der Waals surface area contributed by atoms with Crippen LogP contribution in [0.3, 0.4) is 0 Å². The summed E-state index contributed by atoms with van der Waals surface area (Å²) in [4.78, 5) is 24.7. The van der Waals surface area contributed by atoms with Crippen LogP contribution in [0.2, 0.25) is 0 Å². The Labute approximate surface area is 151 Å². The van der Waals surface area contributed by atoms with E-state index in [0.29, 0.717) is 17.0 Å². The van der Waals surface area contributed by atoms with Gasteiger partial charge >= 0.3 is 5.97 Å². The summed E-state index contributed by atoms with van der Waals surface area (Å²) >= 11 is 0. The first kappa shape index (κ1) is 17.5. The van der Waals surface area contributed by atoms with Crippen molar-refractivity contribution in [3.05, 3.63) is 72.3 Å². The Bertz CT molecular complexity index is 951. The second-order valence-corrected chi connectivity index (χ2v) is 5.80. The zero-order chi connectivity index (χ0) is 18.5. The quantitative estimate of drug-likeness (QED) is 0.706. The number of amides is 1. The smallest absolute Gasteiger partial charge is 0.338 e. The van der Waals surface area contributed by atoms with Gasteiger partial charge < -0.3 is 14.8 Å². The molecule has 0 bridgehead atoms. The molecular weight excluding hydrogens is 330 g/mol. The molecule has 3 aromatic carbocycles. The summed E-state index contributed by atoms with van der Waals surface area (Å²) in [5.41, 5.74) is 0.925. The third kappa shape index (κ3) is 3.83. The molecule has 26 heavy (non-hydrogen) atoms. The van der Waals surface area contributed by atoms with Gasteiger partial charge in [0, 0.05) is 0 Å². The van der Waals surface area contributed by atoms with Crippen LogP contribution >= 0.6 is 0 Å². The number of nitrogens with one attached hydrogen (secondary N) is 1. The largest absolute Gasteiger partial charge is 0.495 e. The van der Waals surface area contributed by atoms with Crippen molar-refractivity contribution in [1.29, 1.82) is 0 Å². The maximum Gasteiger partial charge on any atom is 0.338 e. The van der Waals surface area contributed by atoms with Gasteiger partial charge in [-0.3, -0.25) is 4.79 Å². The third-order valence-electron chi connectivity index (χ3n) is 4.00. The zero-order valence-corrected chi connectivity index (χ0v) is 14.6. The molecule has 1 N–H and O–H groups in total. The highest BCUT2D eigenvalue weighted by Gasteiger charge is 2.20. The third-order valence-corrected chi connectivity index (χ3v) is 4.00. The predicted octanol–water partition coefficient (Wildman–Crippen LogP) is 4.03. The number of fused-ring (bicyclic) bond motifs is 1. The van der Waals surface area contributed by atoms with Gasteiger partial charge in [0.15, 0.2) is 6.10 Å². The summed E-state index contributed by atoms with van der Waals surface area (Å²) < 4.78 is 10.5. The molecular formula is C21H19NO4. The average molecular weight is 349 g/mol. The Morgan fingerprint density at radius 1 is 0.923 bits per heavy atom. The first-order valence-corrected chi connectivity index (χ1v) is 8.22. The van der Waals surface area contributed by atoms with Crippen LogP contribution in [0.5, 0.6) is 5.75 Å². The maximum absolute atomic E-state index is 12.4. The van der Waals surface area contributed by atoms with Gasteiger partial charge in [0.2, 0.25) is 0 Å². The fourth-order valence-corrected chi connectivity index (χ4v) is 2.58. The number of carbonyl (C=O) groups is 2. The lowest BCUT2D eigenvalue weighted by Gasteiger charge is -2.15. The monoisotopic (exact) mass is 349 g/mol. The van der Waals surface area contributed by atoms with E-state index in [-0.39, 0.29) is 0 Å². The number of rotatable bonds is 5. The van der Waals surface area contributed by atoms with Gasteiger partial charge in [-0.15, -0.1) is 0 Å². The summed E-state index contributed by atoms with van der Waals surface area (Å²) in [5.74, 6) is -0.434. The topological polar surface area (TPSA) is 64.6 Å². The summed E-state index contributed by atoms with van der Waals surface area (Å²) in [6.07, 6.45) is -0.945. The van der Waals surface area contributed by atoms with Crippen LogP contribution in [0.15, 0.2) is 66.7 Å². The van der Waals surface area contributed by atoms with Crippen LogP contribution in [-0.2, 0) is 9.53 Å². The number of carbonyl (C=O) groups excluding carboxylic acids is 2. The highest BCUT2D eigenvalue weighted by atomic mass is 16.5. The van der Waals surface area contributed by atoms with Crippen LogP contribution in [0.4, 0.5) is 5.69 Å². The molecule has 1 amide bonds. The maximum atomic E-state index is 12.4. The molecule has 0 aromatic heterocycles. The molecule has 0 saturated carbocycles. The van der Waals surface area contributed by atoms with Crippen molar-refractivity contribution >= 4 is 28.3 Å². The minimum atomic E-state index is -0.945. The van der Waals surface area contributed by atoms with Crippen LogP contribution in [0.25, 0.3) is 10.8 Å². The number of benzene rings is 3. The minimum absolute atomic E-state index is 0.403. The number of hydrogen-bond acceptors (Lipinski definition) is 4. The molecule has 5 nitrogen and oxygen atoms in total. The van der Waals surface area contributed by atoms with Gasteiger partial charge in [-0.2, -0.15) is 0 Å². The second-order valence-electron chi connectivity index (χ2n) is 5.80. The van der Waals surface area contributed by atoms with Crippen LogP contribution < -0.4 is 10.1 Å². The molecule has 1 atom stereocenters. The first-order chi connectivity index (χ1) is 12.6. The van der Waals surface area contributed by atoms with Crippen molar-refractivity contribution < 1.29 is 19.1 Å². The van der Waals surface area contributed by atoms with Gasteiger partial charge in [0.1, 0.15) is 5.75 Å². The summed E-state index contributed by atoms with van der Waals surface area (Å²) in [7, 11) is 1.52. The van der Waals surface area contributed by atoms with Crippen molar-refractivity contribution in [3.63, 3.8) is 0 Å². The normalized spacial score (nSPS) is 11.6. The molecule has 0 spiro atoms. The Morgan fingerprint density at radius 3 is 2.38 bits per heavy atom. The lowest BCUT2D eigenvalue weighted by Crippen LogP contribution is -2.30. The molecule has 0 aliphatic heterocycles. The van der Waals surface area contributed by atoms with Crippen molar-refractivity contribution in [2.45, 2.75) is 13.0 Å². The van der Waals surface area contributed by atoms with Gasteiger partial charge in [-0.05, 0) is 42.0 Å². The van der Waals surface area contributed by atoms with E-state index < -0.39 is 18.0 Å². The fraction of sp³-hybridized carbons (Fsp3) is 0.143. The number of anilines is 1. The van der Waals surface area contributed by atoms with E-state index in [9.17, 15) is 9.59 Å². The molecule has 5 heteroatoms. The number of ether oxygens (including phenoxy) is 2. The van der Waals surface area contributed by atoms with Crippen molar-refractivity contribution in [2.75, 3.05) is 12.4 Å². The fourth-order valence-electron chi connectivity index (χ4n) is 2.58. The molecule has 0 unspecified atom stereocenters. The number of esters is 1. The molecule has 0 radical (unpaired) electrons. The standard InChI is InChI=1S/C21H19NO4/c1-14(20(23)22-18-9-5-6-10-19(18)25-2)26-21(24)17-12-11-15-7-3-4-8-16(15)13-17/h3-14H,1-2H3,(H,22,23)/t14-/m1/s1. The molecule has 0 aliphatic carbocycles. The Hall–Kier alpha value is -3.34. The predicted molar refractivity (Wildman–Crippen MR) is 100 cm³/mol. The first-order valence-electron chi connectivity index (χ1n) is 8.22. The van der Waals surface area contributed by atoms with E-state index in [4.69, 9.17) is 9.47 Å². The van der Waals surface area contributed by atoms with E-state index in [0.717, 1.165) is 10.8 Å². The van der Waals surface area contributed by atoms with Gasteiger partial charge in [0.25, 0.3) is 5.91 Å². The van der Waals surface area contributed by atoms with Crippen LogP contribution in [0, 0.1) is 0 Å². The molecule has 0 saturated heterocycles. The highest BCUT2D eigenvalue weighted by molar-refractivity contribution is 5.99. The summed E-state index contributed by atoms with van der Waals surface area (Å²) in [6, 6.07) is 20.1. The van der Waals surface area contributed by atoms with Gasteiger partial charge in [0.05, 0.1) is 18.4 Å². The summed E-state index contributed by atoms with van der Waals surface area (Å²) in [6.45, 7) is 1.53. The van der Waals surface area contributed by atoms with E-state index in [1.54, 1.807) is 36.4 Å². The number of hydrogen-bond donors (Lipinski definition) is 1. The molecule has 3 rings (SSSR count). The Balaban J connectivity index is 1.68. The molecule has 0 fully saturated rings. The Kier molecular flexibility index (Phi) is 5.17. The summed E-state index contributed by atoms with van der Waals surface area (Å²) in [5, 5.41) is 4.68.